The Bertz CT molecular complexity index is 867. The number of esters is 1. The summed E-state index contributed by atoms with van der Waals surface area (Å²) in [6.45, 7) is 0.367. The van der Waals surface area contributed by atoms with Crippen LogP contribution in [0.5, 0.6) is 5.75 Å². The average Bonchev–Trinajstić information content (AvgIpc) is 2.65. The molecular weight excluding hydrogens is 334 g/mol. The zero-order chi connectivity index (χ0) is 18.9. The van der Waals surface area contributed by atoms with E-state index in [0.29, 0.717) is 17.8 Å². The first-order valence-corrected chi connectivity index (χ1v) is 7.65. The molecule has 0 fully saturated rings. The van der Waals surface area contributed by atoms with Crippen LogP contribution in [0.1, 0.15) is 15.9 Å². The van der Waals surface area contributed by atoms with Crippen molar-refractivity contribution in [3.05, 3.63) is 71.4 Å². The normalized spacial score (nSPS) is 10.5. The van der Waals surface area contributed by atoms with Gasteiger partial charge in [0.1, 0.15) is 17.4 Å². The zero-order valence-electron chi connectivity index (χ0n) is 14.0. The van der Waals surface area contributed by atoms with Crippen molar-refractivity contribution >= 4 is 17.6 Å². The van der Waals surface area contributed by atoms with Crippen LogP contribution in [0.4, 0.5) is 5.69 Å². The third-order valence-electron chi connectivity index (χ3n) is 3.40. The molecule has 0 spiro atoms. The summed E-state index contributed by atoms with van der Waals surface area (Å²) < 4.78 is 4.63. The monoisotopic (exact) mass is 351 g/mol. The Balaban J connectivity index is 1.95. The molecule has 0 aliphatic rings. The molecule has 0 radical (unpaired) electrons. The third-order valence-corrected chi connectivity index (χ3v) is 3.40. The standard InChI is InChI=1S/C19H17N3O4/c1-26-19(25)14-7-5-13(6-8-14)11-21-12-15(10-20)18(24)22-16-3-2-4-17(23)9-16/h2-9,12,21,23H,11H2,1H3,(H,22,24)/b15-12-. The molecule has 3 N–H and O–H groups in total. The molecule has 0 aliphatic heterocycles. The van der Waals surface area contributed by atoms with E-state index in [2.05, 4.69) is 15.4 Å². The molecule has 7 nitrogen and oxygen atoms in total. The Morgan fingerprint density at radius 3 is 2.58 bits per heavy atom. The van der Waals surface area contributed by atoms with Gasteiger partial charge in [0.15, 0.2) is 0 Å². The number of hydrogen-bond acceptors (Lipinski definition) is 6. The summed E-state index contributed by atoms with van der Waals surface area (Å²) in [6, 6.07) is 14.6. The van der Waals surface area contributed by atoms with E-state index >= 15 is 0 Å². The van der Waals surface area contributed by atoms with E-state index in [0.717, 1.165) is 5.56 Å². The molecule has 0 saturated carbocycles. The van der Waals surface area contributed by atoms with Crippen molar-refractivity contribution in [2.24, 2.45) is 0 Å². The SMILES string of the molecule is COC(=O)c1ccc(CN/C=C(/C#N)C(=O)Nc2cccc(O)c2)cc1. The number of nitriles is 1. The lowest BCUT2D eigenvalue weighted by Crippen LogP contribution is -2.16. The van der Waals surface area contributed by atoms with Crippen molar-refractivity contribution in [3.63, 3.8) is 0 Å². The fourth-order valence-corrected chi connectivity index (χ4v) is 2.08. The molecule has 0 heterocycles. The van der Waals surface area contributed by atoms with E-state index in [4.69, 9.17) is 5.26 Å². The number of methoxy groups -OCH3 is 1. The molecule has 2 aromatic rings. The van der Waals surface area contributed by atoms with E-state index in [1.807, 2.05) is 6.07 Å². The maximum Gasteiger partial charge on any atom is 0.337 e. The van der Waals surface area contributed by atoms with E-state index in [9.17, 15) is 14.7 Å². The summed E-state index contributed by atoms with van der Waals surface area (Å²) in [6.07, 6.45) is 1.31. The van der Waals surface area contributed by atoms with Crippen LogP contribution in [0.25, 0.3) is 0 Å². The molecular formula is C19H17N3O4. The van der Waals surface area contributed by atoms with Gasteiger partial charge in [-0.25, -0.2) is 4.79 Å². The highest BCUT2D eigenvalue weighted by molar-refractivity contribution is 6.06. The Kier molecular flexibility index (Phi) is 6.34. The van der Waals surface area contributed by atoms with E-state index in [-0.39, 0.29) is 11.3 Å². The second kappa shape index (κ2) is 8.89. The minimum atomic E-state index is -0.591. The topological polar surface area (TPSA) is 111 Å². The van der Waals surface area contributed by atoms with Crippen LogP contribution in [0, 0.1) is 11.3 Å². The van der Waals surface area contributed by atoms with Gasteiger partial charge < -0.3 is 20.5 Å². The molecule has 132 valence electrons. The molecule has 0 aliphatic carbocycles. The molecule has 0 bridgehead atoms. The van der Waals surface area contributed by atoms with Gasteiger partial charge in [-0.15, -0.1) is 0 Å². The molecule has 26 heavy (non-hydrogen) atoms. The minimum Gasteiger partial charge on any atom is -0.508 e. The number of hydrogen-bond donors (Lipinski definition) is 3. The van der Waals surface area contributed by atoms with Crippen molar-refractivity contribution in [3.8, 4) is 11.8 Å². The van der Waals surface area contributed by atoms with E-state index in [1.165, 1.54) is 25.4 Å². The third kappa shape index (κ3) is 5.11. The molecule has 0 unspecified atom stereocenters. The molecule has 0 saturated heterocycles. The number of amides is 1. The largest absolute Gasteiger partial charge is 0.508 e. The van der Waals surface area contributed by atoms with Crippen LogP contribution in [-0.2, 0) is 16.1 Å². The maximum absolute atomic E-state index is 12.1. The predicted molar refractivity (Wildman–Crippen MR) is 95.1 cm³/mol. The number of carbonyl (C=O) groups excluding carboxylic acids is 2. The number of benzene rings is 2. The predicted octanol–water partition coefficient (Wildman–Crippen LogP) is 2.31. The van der Waals surface area contributed by atoms with Crippen LogP contribution < -0.4 is 10.6 Å². The van der Waals surface area contributed by atoms with Crippen molar-refractivity contribution < 1.29 is 19.4 Å². The molecule has 2 rings (SSSR count). The van der Waals surface area contributed by atoms with Gasteiger partial charge >= 0.3 is 5.97 Å². The van der Waals surface area contributed by atoms with Gasteiger partial charge in [0.25, 0.3) is 5.91 Å². The summed E-state index contributed by atoms with van der Waals surface area (Å²) in [5, 5.41) is 23.9. The smallest absolute Gasteiger partial charge is 0.337 e. The first-order chi connectivity index (χ1) is 12.5. The number of rotatable bonds is 6. The lowest BCUT2D eigenvalue weighted by molar-refractivity contribution is -0.112. The summed E-state index contributed by atoms with van der Waals surface area (Å²) in [5.74, 6) is -0.995. The summed E-state index contributed by atoms with van der Waals surface area (Å²) in [4.78, 5) is 23.4. The van der Waals surface area contributed by atoms with Gasteiger partial charge in [0.2, 0.25) is 0 Å². The number of phenolic OH excluding ortho intramolecular Hbond substituents is 1. The van der Waals surface area contributed by atoms with Gasteiger partial charge in [-0.05, 0) is 29.8 Å². The first kappa shape index (κ1) is 18.5. The molecule has 0 aromatic heterocycles. The highest BCUT2D eigenvalue weighted by Crippen LogP contribution is 2.16. The Morgan fingerprint density at radius 2 is 1.96 bits per heavy atom. The molecule has 0 atom stereocenters. The van der Waals surface area contributed by atoms with E-state index < -0.39 is 11.9 Å². The molecule has 7 heteroatoms. The van der Waals surface area contributed by atoms with Crippen molar-refractivity contribution in [1.29, 1.82) is 5.26 Å². The number of anilines is 1. The Hall–Kier alpha value is -3.79. The quantitative estimate of drug-likeness (QED) is 0.418. The van der Waals surface area contributed by atoms with Crippen LogP contribution >= 0.6 is 0 Å². The molecule has 2 aromatic carbocycles. The lowest BCUT2D eigenvalue weighted by atomic mass is 10.1. The number of phenols is 1. The highest BCUT2D eigenvalue weighted by Gasteiger charge is 2.09. The van der Waals surface area contributed by atoms with Crippen LogP contribution in [0.2, 0.25) is 0 Å². The Morgan fingerprint density at radius 1 is 1.23 bits per heavy atom. The number of aromatic hydroxyl groups is 1. The van der Waals surface area contributed by atoms with Gasteiger partial charge in [0, 0.05) is 24.5 Å². The highest BCUT2D eigenvalue weighted by atomic mass is 16.5. The van der Waals surface area contributed by atoms with Crippen molar-refractivity contribution in [1.82, 2.24) is 5.32 Å². The molecule has 1 amide bonds. The van der Waals surface area contributed by atoms with Crippen LogP contribution in [0.15, 0.2) is 60.3 Å². The van der Waals surface area contributed by atoms with Gasteiger partial charge in [-0.3, -0.25) is 4.79 Å². The number of nitrogens with zero attached hydrogens (tertiary/aromatic N) is 1. The van der Waals surface area contributed by atoms with Gasteiger partial charge in [0.05, 0.1) is 12.7 Å². The minimum absolute atomic E-state index is 0.0128. The van der Waals surface area contributed by atoms with Gasteiger partial charge in [-0.2, -0.15) is 5.26 Å². The fraction of sp³-hybridized carbons (Fsp3) is 0.105. The van der Waals surface area contributed by atoms with Crippen LogP contribution in [0.3, 0.4) is 0 Å². The van der Waals surface area contributed by atoms with E-state index in [1.54, 1.807) is 36.4 Å². The summed E-state index contributed by atoms with van der Waals surface area (Å²) in [7, 11) is 1.31. The van der Waals surface area contributed by atoms with Crippen molar-refractivity contribution in [2.75, 3.05) is 12.4 Å². The Labute approximate surface area is 150 Å². The summed E-state index contributed by atoms with van der Waals surface area (Å²) in [5.41, 5.74) is 1.57. The second-order valence-corrected chi connectivity index (χ2v) is 5.24. The first-order valence-electron chi connectivity index (χ1n) is 7.65. The lowest BCUT2D eigenvalue weighted by Gasteiger charge is -2.06. The zero-order valence-corrected chi connectivity index (χ0v) is 14.0. The van der Waals surface area contributed by atoms with Crippen molar-refractivity contribution in [2.45, 2.75) is 6.54 Å². The number of ether oxygens (including phenoxy) is 1. The number of nitrogens with one attached hydrogen (secondary N) is 2. The van der Waals surface area contributed by atoms with Crippen LogP contribution in [-0.4, -0.2) is 24.1 Å². The number of carbonyl (C=O) groups is 2. The fourth-order valence-electron chi connectivity index (χ4n) is 2.08. The van der Waals surface area contributed by atoms with Gasteiger partial charge in [-0.1, -0.05) is 18.2 Å². The average molecular weight is 351 g/mol. The summed E-state index contributed by atoms with van der Waals surface area (Å²) >= 11 is 0. The second-order valence-electron chi connectivity index (χ2n) is 5.24. The maximum atomic E-state index is 12.1.